The molecule has 0 spiro atoms. The largest absolute Gasteiger partial charge is 0.466 e. The van der Waals surface area contributed by atoms with Gasteiger partial charge >= 0.3 is 5.97 Å². The average molecular weight is 258 g/mol. The van der Waals surface area contributed by atoms with Gasteiger partial charge in [-0.25, -0.2) is 0 Å². The van der Waals surface area contributed by atoms with E-state index in [-0.39, 0.29) is 11.4 Å². The molecule has 0 N–H and O–H groups in total. The molecular weight excluding hydrogens is 228 g/mol. The Balaban J connectivity index is 3.67. The zero-order valence-corrected chi connectivity index (χ0v) is 12.6. The molecule has 0 heterocycles. The number of ether oxygens (including phenoxy) is 2. The number of carbonyl (C=O) groups is 1. The lowest BCUT2D eigenvalue weighted by Gasteiger charge is -2.23. The van der Waals surface area contributed by atoms with Crippen LogP contribution in [0, 0.1) is 5.41 Å². The number of carbonyl (C=O) groups excluding carboxylic acids is 1. The molecule has 0 radical (unpaired) electrons. The molecule has 0 aliphatic heterocycles. The van der Waals surface area contributed by atoms with Crippen LogP contribution in [0.5, 0.6) is 0 Å². The Labute approximate surface area is 112 Å². The summed E-state index contributed by atoms with van der Waals surface area (Å²) in [5.41, 5.74) is -0.0322. The molecule has 108 valence electrons. The Morgan fingerprint density at radius 2 is 1.72 bits per heavy atom. The van der Waals surface area contributed by atoms with Crippen LogP contribution in [0.2, 0.25) is 0 Å². The highest BCUT2D eigenvalue weighted by molar-refractivity contribution is 5.70. The minimum absolute atomic E-state index is 0.0322. The van der Waals surface area contributed by atoms with Crippen molar-refractivity contribution in [2.75, 3.05) is 19.8 Å². The highest BCUT2D eigenvalue weighted by Gasteiger charge is 2.22. The zero-order chi connectivity index (χ0) is 13.9. The van der Waals surface area contributed by atoms with Gasteiger partial charge in [0, 0.05) is 13.2 Å². The fourth-order valence-electron chi connectivity index (χ4n) is 1.66. The van der Waals surface area contributed by atoms with E-state index in [0.29, 0.717) is 13.0 Å². The van der Waals surface area contributed by atoms with Crippen LogP contribution in [0.15, 0.2) is 0 Å². The number of hydrogen-bond acceptors (Lipinski definition) is 3. The number of unbranched alkanes of at least 4 members (excludes halogenated alkanes) is 2. The molecule has 0 aromatic carbocycles. The van der Waals surface area contributed by atoms with Crippen molar-refractivity contribution in [1.82, 2.24) is 0 Å². The molecule has 0 aromatic heterocycles. The quantitative estimate of drug-likeness (QED) is 0.416. The molecule has 18 heavy (non-hydrogen) atoms. The predicted octanol–water partition coefficient (Wildman–Crippen LogP) is 3.95. The summed E-state index contributed by atoms with van der Waals surface area (Å²) in [7, 11) is 0. The van der Waals surface area contributed by atoms with Crippen molar-refractivity contribution in [2.45, 2.75) is 66.2 Å². The van der Waals surface area contributed by atoms with Crippen LogP contribution in [0.1, 0.15) is 66.2 Å². The van der Waals surface area contributed by atoms with Crippen molar-refractivity contribution in [3.05, 3.63) is 0 Å². The first-order valence-electron chi connectivity index (χ1n) is 7.25. The molecule has 0 rings (SSSR count). The van der Waals surface area contributed by atoms with Gasteiger partial charge in [0.15, 0.2) is 0 Å². The molecule has 0 aliphatic rings. The molecular formula is C15H30O3. The normalized spacial score (nSPS) is 11.6. The molecule has 0 fully saturated rings. The summed E-state index contributed by atoms with van der Waals surface area (Å²) in [5.74, 6) is -0.0772. The van der Waals surface area contributed by atoms with Crippen LogP contribution in [-0.2, 0) is 14.3 Å². The second kappa shape index (κ2) is 10.4. The monoisotopic (exact) mass is 258 g/mol. The molecule has 0 unspecified atom stereocenters. The summed E-state index contributed by atoms with van der Waals surface area (Å²) >= 11 is 0. The lowest BCUT2D eigenvalue weighted by molar-refractivity contribution is -0.146. The second-order valence-corrected chi connectivity index (χ2v) is 5.63. The van der Waals surface area contributed by atoms with E-state index in [1.54, 1.807) is 0 Å². The third-order valence-corrected chi connectivity index (χ3v) is 2.91. The Hall–Kier alpha value is -0.570. The first-order valence-corrected chi connectivity index (χ1v) is 7.25. The van der Waals surface area contributed by atoms with Crippen molar-refractivity contribution < 1.29 is 14.3 Å². The summed E-state index contributed by atoms with van der Waals surface area (Å²) in [4.78, 5) is 11.6. The van der Waals surface area contributed by atoms with Gasteiger partial charge in [-0.15, -0.1) is 0 Å². The van der Waals surface area contributed by atoms with E-state index in [2.05, 4.69) is 27.7 Å². The molecule has 0 saturated heterocycles. The van der Waals surface area contributed by atoms with E-state index in [0.717, 1.165) is 45.3 Å². The van der Waals surface area contributed by atoms with Gasteiger partial charge in [0.1, 0.15) is 0 Å². The Bertz CT molecular complexity index is 212. The Morgan fingerprint density at radius 3 is 2.33 bits per heavy atom. The third-order valence-electron chi connectivity index (χ3n) is 2.91. The zero-order valence-electron chi connectivity index (χ0n) is 12.6. The van der Waals surface area contributed by atoms with Crippen LogP contribution in [0.3, 0.4) is 0 Å². The van der Waals surface area contributed by atoms with Gasteiger partial charge in [0.2, 0.25) is 0 Å². The summed E-state index contributed by atoms with van der Waals surface area (Å²) in [6.07, 6.45) is 5.67. The lowest BCUT2D eigenvalue weighted by Crippen LogP contribution is -2.21. The molecule has 0 aromatic rings. The standard InChI is InChI=1S/C15H30O3/c1-5-7-8-11-18-14(16)13-15(3,4)9-12-17-10-6-2/h5-13H2,1-4H3. The van der Waals surface area contributed by atoms with Gasteiger partial charge in [-0.3, -0.25) is 4.79 Å². The minimum Gasteiger partial charge on any atom is -0.466 e. The number of hydrogen-bond donors (Lipinski definition) is 0. The SMILES string of the molecule is CCCCCOC(=O)CC(C)(C)CCOCCC. The molecule has 3 nitrogen and oxygen atoms in total. The van der Waals surface area contributed by atoms with E-state index in [9.17, 15) is 4.79 Å². The highest BCUT2D eigenvalue weighted by atomic mass is 16.5. The van der Waals surface area contributed by atoms with E-state index < -0.39 is 0 Å². The topological polar surface area (TPSA) is 35.5 Å². The third kappa shape index (κ3) is 10.6. The van der Waals surface area contributed by atoms with Crippen LogP contribution in [0.4, 0.5) is 0 Å². The molecule has 0 atom stereocenters. The van der Waals surface area contributed by atoms with Crippen LogP contribution in [0.25, 0.3) is 0 Å². The summed E-state index contributed by atoms with van der Waals surface area (Å²) in [6, 6.07) is 0. The smallest absolute Gasteiger partial charge is 0.306 e. The second-order valence-electron chi connectivity index (χ2n) is 5.63. The van der Waals surface area contributed by atoms with Crippen molar-refractivity contribution in [3.63, 3.8) is 0 Å². The number of rotatable bonds is 11. The minimum atomic E-state index is -0.0772. The van der Waals surface area contributed by atoms with E-state index >= 15 is 0 Å². The summed E-state index contributed by atoms with van der Waals surface area (Å²) < 4.78 is 10.7. The van der Waals surface area contributed by atoms with E-state index in [1.807, 2.05) is 0 Å². The lowest BCUT2D eigenvalue weighted by atomic mass is 9.86. The maximum atomic E-state index is 11.6. The molecule has 0 saturated carbocycles. The van der Waals surface area contributed by atoms with Crippen LogP contribution < -0.4 is 0 Å². The molecule has 0 amide bonds. The summed E-state index contributed by atoms with van der Waals surface area (Å²) in [5, 5.41) is 0. The fourth-order valence-corrected chi connectivity index (χ4v) is 1.66. The van der Waals surface area contributed by atoms with E-state index in [1.165, 1.54) is 0 Å². The van der Waals surface area contributed by atoms with E-state index in [4.69, 9.17) is 9.47 Å². The van der Waals surface area contributed by atoms with Gasteiger partial charge in [-0.05, 0) is 24.7 Å². The van der Waals surface area contributed by atoms with Crippen LogP contribution >= 0.6 is 0 Å². The number of esters is 1. The molecule has 0 bridgehead atoms. The predicted molar refractivity (Wildman–Crippen MR) is 74.6 cm³/mol. The summed E-state index contributed by atoms with van der Waals surface area (Å²) in [6.45, 7) is 10.5. The van der Waals surface area contributed by atoms with Crippen molar-refractivity contribution in [2.24, 2.45) is 5.41 Å². The van der Waals surface area contributed by atoms with Gasteiger partial charge in [0.25, 0.3) is 0 Å². The Morgan fingerprint density at radius 1 is 1.00 bits per heavy atom. The first-order chi connectivity index (χ1) is 8.52. The van der Waals surface area contributed by atoms with Crippen molar-refractivity contribution in [3.8, 4) is 0 Å². The van der Waals surface area contributed by atoms with Gasteiger partial charge in [-0.2, -0.15) is 0 Å². The molecule has 3 heteroatoms. The average Bonchev–Trinajstić information content (AvgIpc) is 2.30. The van der Waals surface area contributed by atoms with Gasteiger partial charge in [0.05, 0.1) is 13.0 Å². The van der Waals surface area contributed by atoms with Crippen molar-refractivity contribution >= 4 is 5.97 Å². The van der Waals surface area contributed by atoms with Crippen molar-refractivity contribution in [1.29, 1.82) is 0 Å². The van der Waals surface area contributed by atoms with Gasteiger partial charge < -0.3 is 9.47 Å². The molecule has 0 aliphatic carbocycles. The van der Waals surface area contributed by atoms with Gasteiger partial charge in [-0.1, -0.05) is 40.5 Å². The Kier molecular flexibility index (Phi) is 10.0. The maximum absolute atomic E-state index is 11.6. The first kappa shape index (κ1) is 17.4. The van der Waals surface area contributed by atoms with Crippen LogP contribution in [-0.4, -0.2) is 25.8 Å². The maximum Gasteiger partial charge on any atom is 0.306 e. The highest BCUT2D eigenvalue weighted by Crippen LogP contribution is 2.25. The fraction of sp³-hybridized carbons (Fsp3) is 0.933.